The predicted octanol–water partition coefficient (Wildman–Crippen LogP) is 1.73. The molecule has 21 heavy (non-hydrogen) atoms. The van der Waals surface area contributed by atoms with E-state index in [9.17, 15) is 14.0 Å². The quantitative estimate of drug-likeness (QED) is 0.856. The normalized spacial score (nSPS) is 28.2. The third-order valence-electron chi connectivity index (χ3n) is 4.93. The number of amides is 2. The highest BCUT2D eigenvalue weighted by atomic mass is 19.1. The van der Waals surface area contributed by atoms with Crippen molar-refractivity contribution in [3.8, 4) is 0 Å². The van der Waals surface area contributed by atoms with E-state index in [1.807, 2.05) is 6.92 Å². The molecule has 0 aromatic heterocycles. The summed E-state index contributed by atoms with van der Waals surface area (Å²) in [5, 5.41) is 2.86. The highest BCUT2D eigenvalue weighted by Crippen LogP contribution is 2.42. The van der Waals surface area contributed by atoms with Crippen LogP contribution in [0.4, 0.5) is 4.39 Å². The molecule has 4 nitrogen and oxygen atoms in total. The van der Waals surface area contributed by atoms with Crippen molar-refractivity contribution < 1.29 is 14.0 Å². The maximum Gasteiger partial charge on any atom is 0.253 e. The Morgan fingerprint density at radius 1 is 1.48 bits per heavy atom. The monoisotopic (exact) mass is 290 g/mol. The molecule has 1 N–H and O–H groups in total. The van der Waals surface area contributed by atoms with Gasteiger partial charge in [0.05, 0.1) is 5.41 Å². The third-order valence-corrected chi connectivity index (χ3v) is 4.93. The number of nitrogens with one attached hydrogen (secondary N) is 1. The van der Waals surface area contributed by atoms with Gasteiger partial charge in [0, 0.05) is 25.2 Å². The van der Waals surface area contributed by atoms with Gasteiger partial charge in [-0.25, -0.2) is 4.39 Å². The van der Waals surface area contributed by atoms with E-state index in [1.165, 1.54) is 6.07 Å². The standard InChI is InChI=1S/C16H19FN2O2/c1-10-3-4-12(7-13(10)17)14(20)19-8-11(2)16(9-19)5-6-18-15(16)21/h3-4,7,11H,5-6,8-9H2,1-2H3,(H,18,21)/t11-,16-/m1/s1. The second-order valence-corrected chi connectivity index (χ2v) is 6.21. The summed E-state index contributed by atoms with van der Waals surface area (Å²) in [4.78, 5) is 26.3. The fraction of sp³-hybridized carbons (Fsp3) is 0.500. The van der Waals surface area contributed by atoms with Crippen LogP contribution in [0.25, 0.3) is 0 Å². The number of carbonyl (C=O) groups excluding carboxylic acids is 2. The number of hydrogen-bond acceptors (Lipinski definition) is 2. The lowest BCUT2D eigenvalue weighted by molar-refractivity contribution is -0.128. The zero-order valence-corrected chi connectivity index (χ0v) is 12.3. The Bertz CT molecular complexity index is 616. The fourth-order valence-electron chi connectivity index (χ4n) is 3.44. The van der Waals surface area contributed by atoms with Crippen LogP contribution in [0, 0.1) is 24.1 Å². The van der Waals surface area contributed by atoms with Crippen LogP contribution in [0.1, 0.15) is 29.3 Å². The molecule has 2 aliphatic heterocycles. The highest BCUT2D eigenvalue weighted by molar-refractivity contribution is 5.96. The van der Waals surface area contributed by atoms with Gasteiger partial charge in [0.25, 0.3) is 5.91 Å². The zero-order valence-electron chi connectivity index (χ0n) is 12.3. The van der Waals surface area contributed by atoms with Gasteiger partial charge in [-0.05, 0) is 37.0 Å². The zero-order chi connectivity index (χ0) is 15.2. The molecule has 2 heterocycles. The first-order valence-corrected chi connectivity index (χ1v) is 7.28. The SMILES string of the molecule is Cc1ccc(C(=O)N2C[C@@H](C)[C@@]3(CCNC3=O)C2)cc1F. The van der Waals surface area contributed by atoms with Crippen molar-refractivity contribution in [2.24, 2.45) is 11.3 Å². The number of hydrogen-bond donors (Lipinski definition) is 1. The van der Waals surface area contributed by atoms with Crippen molar-refractivity contribution >= 4 is 11.8 Å². The van der Waals surface area contributed by atoms with Crippen LogP contribution in [0.5, 0.6) is 0 Å². The van der Waals surface area contributed by atoms with Gasteiger partial charge in [-0.1, -0.05) is 13.0 Å². The summed E-state index contributed by atoms with van der Waals surface area (Å²) >= 11 is 0. The van der Waals surface area contributed by atoms with Gasteiger partial charge in [-0.2, -0.15) is 0 Å². The molecule has 2 atom stereocenters. The summed E-state index contributed by atoms with van der Waals surface area (Å²) in [6.45, 7) is 5.31. The second kappa shape index (κ2) is 4.83. The van der Waals surface area contributed by atoms with Crippen LogP contribution in [0.2, 0.25) is 0 Å². The fourth-order valence-corrected chi connectivity index (χ4v) is 3.44. The van der Waals surface area contributed by atoms with Crippen molar-refractivity contribution in [2.45, 2.75) is 20.3 Å². The highest BCUT2D eigenvalue weighted by Gasteiger charge is 2.53. The van der Waals surface area contributed by atoms with Crippen LogP contribution in [-0.2, 0) is 4.79 Å². The molecule has 2 saturated heterocycles. The third kappa shape index (κ3) is 2.11. The lowest BCUT2D eigenvalue weighted by atomic mass is 9.78. The van der Waals surface area contributed by atoms with E-state index in [4.69, 9.17) is 0 Å². The van der Waals surface area contributed by atoms with E-state index < -0.39 is 5.41 Å². The van der Waals surface area contributed by atoms with Gasteiger partial charge in [-0.3, -0.25) is 9.59 Å². The topological polar surface area (TPSA) is 49.4 Å². The van der Waals surface area contributed by atoms with Crippen LogP contribution in [0.3, 0.4) is 0 Å². The largest absolute Gasteiger partial charge is 0.356 e. The molecule has 2 fully saturated rings. The lowest BCUT2D eigenvalue weighted by Crippen LogP contribution is -2.38. The number of benzene rings is 1. The Labute approximate surface area is 123 Å². The Balaban J connectivity index is 1.83. The molecule has 1 spiro atoms. The van der Waals surface area contributed by atoms with Gasteiger partial charge >= 0.3 is 0 Å². The summed E-state index contributed by atoms with van der Waals surface area (Å²) in [7, 11) is 0. The number of nitrogens with zero attached hydrogens (tertiary/aromatic N) is 1. The number of rotatable bonds is 1. The summed E-state index contributed by atoms with van der Waals surface area (Å²) in [5.74, 6) is -0.404. The van der Waals surface area contributed by atoms with Crippen LogP contribution in [-0.4, -0.2) is 36.3 Å². The van der Waals surface area contributed by atoms with Crippen LogP contribution >= 0.6 is 0 Å². The van der Waals surface area contributed by atoms with E-state index in [0.717, 1.165) is 6.42 Å². The molecular formula is C16H19FN2O2. The van der Waals surface area contributed by atoms with Gasteiger partial charge < -0.3 is 10.2 Å². The van der Waals surface area contributed by atoms with E-state index in [0.29, 0.717) is 30.8 Å². The summed E-state index contributed by atoms with van der Waals surface area (Å²) in [6.07, 6.45) is 0.763. The average molecular weight is 290 g/mol. The smallest absolute Gasteiger partial charge is 0.253 e. The molecule has 0 unspecified atom stereocenters. The van der Waals surface area contributed by atoms with E-state index in [2.05, 4.69) is 5.32 Å². The van der Waals surface area contributed by atoms with Crippen LogP contribution in [0.15, 0.2) is 18.2 Å². The first-order chi connectivity index (χ1) is 9.94. The maximum atomic E-state index is 13.6. The Kier molecular flexibility index (Phi) is 3.23. The van der Waals surface area contributed by atoms with Crippen molar-refractivity contribution in [3.63, 3.8) is 0 Å². The minimum Gasteiger partial charge on any atom is -0.356 e. The molecule has 0 saturated carbocycles. The molecule has 2 amide bonds. The average Bonchev–Trinajstić information content (AvgIpc) is 2.98. The molecule has 1 aromatic rings. The van der Waals surface area contributed by atoms with Crippen molar-refractivity contribution in [3.05, 3.63) is 35.1 Å². The first kappa shape index (κ1) is 14.0. The molecule has 5 heteroatoms. The summed E-state index contributed by atoms with van der Waals surface area (Å²) in [6, 6.07) is 4.54. The second-order valence-electron chi connectivity index (χ2n) is 6.21. The van der Waals surface area contributed by atoms with Gasteiger partial charge in [0.15, 0.2) is 0 Å². The lowest BCUT2D eigenvalue weighted by Gasteiger charge is -2.23. The Hall–Kier alpha value is -1.91. The summed E-state index contributed by atoms with van der Waals surface area (Å²) < 4.78 is 13.6. The minimum absolute atomic E-state index is 0.0420. The van der Waals surface area contributed by atoms with E-state index in [1.54, 1.807) is 24.0 Å². The molecule has 112 valence electrons. The van der Waals surface area contributed by atoms with E-state index in [-0.39, 0.29) is 23.5 Å². The van der Waals surface area contributed by atoms with Gasteiger partial charge in [-0.15, -0.1) is 0 Å². The summed E-state index contributed by atoms with van der Waals surface area (Å²) in [5.41, 5.74) is 0.410. The van der Waals surface area contributed by atoms with Crippen molar-refractivity contribution in [2.75, 3.05) is 19.6 Å². The molecule has 0 aliphatic carbocycles. The predicted molar refractivity (Wildman–Crippen MR) is 76.3 cm³/mol. The first-order valence-electron chi connectivity index (χ1n) is 7.28. The van der Waals surface area contributed by atoms with Gasteiger partial charge in [0.1, 0.15) is 5.82 Å². The Morgan fingerprint density at radius 2 is 2.24 bits per heavy atom. The number of aryl methyl sites for hydroxylation is 1. The molecule has 1 aromatic carbocycles. The maximum absolute atomic E-state index is 13.6. The Morgan fingerprint density at radius 3 is 2.86 bits per heavy atom. The molecule has 3 rings (SSSR count). The number of likely N-dealkylation sites (tertiary alicyclic amines) is 1. The van der Waals surface area contributed by atoms with Crippen LogP contribution < -0.4 is 5.32 Å². The molecule has 0 bridgehead atoms. The van der Waals surface area contributed by atoms with Crippen molar-refractivity contribution in [1.29, 1.82) is 0 Å². The van der Waals surface area contributed by atoms with E-state index >= 15 is 0 Å². The molecular weight excluding hydrogens is 271 g/mol. The molecule has 2 aliphatic rings. The number of halogens is 1. The minimum atomic E-state index is -0.459. The molecule has 0 radical (unpaired) electrons. The number of carbonyl (C=O) groups is 2. The van der Waals surface area contributed by atoms with Gasteiger partial charge in [0.2, 0.25) is 5.91 Å². The van der Waals surface area contributed by atoms with Crippen molar-refractivity contribution in [1.82, 2.24) is 10.2 Å².